The van der Waals surface area contributed by atoms with Crippen LogP contribution in [0.5, 0.6) is 0 Å². The zero-order valence-electron chi connectivity index (χ0n) is 14.1. The van der Waals surface area contributed by atoms with E-state index in [9.17, 15) is 18.4 Å². The maximum absolute atomic E-state index is 13.4. The molecule has 0 aromatic heterocycles. The Balaban J connectivity index is 1.76. The van der Waals surface area contributed by atoms with Gasteiger partial charge in [0.15, 0.2) is 0 Å². The molecule has 1 atom stereocenters. The molecule has 0 spiro atoms. The number of amides is 2. The molecule has 136 valence electrons. The zero-order valence-corrected chi connectivity index (χ0v) is 14.1. The van der Waals surface area contributed by atoms with Crippen molar-refractivity contribution < 1.29 is 18.4 Å². The second-order valence-electron chi connectivity index (χ2n) is 6.23. The lowest BCUT2D eigenvalue weighted by atomic mass is 10.0. The molecule has 3 rings (SSSR count). The number of nitrogens with one attached hydrogen (secondary N) is 1. The molecule has 6 nitrogen and oxygen atoms in total. The fourth-order valence-corrected chi connectivity index (χ4v) is 3.15. The normalized spacial score (nSPS) is 17.9. The summed E-state index contributed by atoms with van der Waals surface area (Å²) in [5, 5.41) is 21.7. The lowest BCUT2D eigenvalue weighted by Crippen LogP contribution is -2.43. The summed E-state index contributed by atoms with van der Waals surface area (Å²) in [4.78, 5) is 25.5. The number of nitriles is 2. The average Bonchev–Trinajstić information content (AvgIpc) is 2.99. The van der Waals surface area contributed by atoms with E-state index in [-0.39, 0.29) is 5.56 Å². The van der Waals surface area contributed by atoms with Crippen molar-refractivity contribution in [2.24, 2.45) is 0 Å². The second-order valence-corrected chi connectivity index (χ2v) is 6.23. The maximum Gasteiger partial charge on any atom is 0.268 e. The summed E-state index contributed by atoms with van der Waals surface area (Å²) in [6, 6.07) is 12.4. The highest BCUT2D eigenvalue weighted by Crippen LogP contribution is 2.31. The van der Waals surface area contributed by atoms with E-state index in [1.165, 1.54) is 0 Å². The molecule has 2 aromatic rings. The van der Waals surface area contributed by atoms with Crippen LogP contribution in [-0.4, -0.2) is 41.8 Å². The van der Waals surface area contributed by atoms with Crippen LogP contribution in [0.3, 0.4) is 0 Å². The van der Waals surface area contributed by atoms with Gasteiger partial charge in [-0.3, -0.25) is 9.59 Å². The van der Waals surface area contributed by atoms with Gasteiger partial charge in [0.2, 0.25) is 5.91 Å². The third kappa shape index (κ3) is 3.56. The molecule has 1 fully saturated rings. The highest BCUT2D eigenvalue weighted by Gasteiger charge is 2.47. The molecule has 8 heteroatoms. The number of hydrogen-bond donors (Lipinski definition) is 1. The summed E-state index contributed by atoms with van der Waals surface area (Å²) >= 11 is 0. The summed E-state index contributed by atoms with van der Waals surface area (Å²) in [6.45, 7) is -1.33. The van der Waals surface area contributed by atoms with E-state index in [0.29, 0.717) is 16.3 Å². The second kappa shape index (κ2) is 7.00. The van der Waals surface area contributed by atoms with E-state index in [4.69, 9.17) is 10.5 Å². The Morgan fingerprint density at radius 3 is 2.59 bits per heavy atom. The number of fused-ring (bicyclic) bond motifs is 1. The number of likely N-dealkylation sites (tertiary alicyclic amines) is 1. The average molecular weight is 368 g/mol. The van der Waals surface area contributed by atoms with Crippen molar-refractivity contribution in [2.75, 3.05) is 13.1 Å². The van der Waals surface area contributed by atoms with Crippen LogP contribution in [0.4, 0.5) is 8.78 Å². The Morgan fingerprint density at radius 1 is 1.19 bits per heavy atom. The SMILES string of the molecule is N#Cc1cccc2c(C(=O)NCC(=O)N3CC(F)(F)C[C@H]3C#N)cccc12. The molecule has 27 heavy (non-hydrogen) atoms. The molecule has 2 amide bonds. The summed E-state index contributed by atoms with van der Waals surface area (Å²) < 4.78 is 26.9. The van der Waals surface area contributed by atoms with Crippen molar-refractivity contribution in [2.45, 2.75) is 18.4 Å². The van der Waals surface area contributed by atoms with Crippen LogP contribution < -0.4 is 5.32 Å². The van der Waals surface area contributed by atoms with E-state index in [2.05, 4.69) is 5.32 Å². The lowest BCUT2D eigenvalue weighted by Gasteiger charge is -2.19. The van der Waals surface area contributed by atoms with Gasteiger partial charge in [-0.15, -0.1) is 0 Å². The maximum atomic E-state index is 13.4. The molecule has 1 aliphatic heterocycles. The van der Waals surface area contributed by atoms with E-state index in [1.54, 1.807) is 42.5 Å². The van der Waals surface area contributed by atoms with Crippen LogP contribution in [0.25, 0.3) is 10.8 Å². The topological polar surface area (TPSA) is 97.0 Å². The molecule has 1 aliphatic rings. The number of halogens is 2. The fourth-order valence-electron chi connectivity index (χ4n) is 3.15. The van der Waals surface area contributed by atoms with Gasteiger partial charge < -0.3 is 10.2 Å². The number of alkyl halides is 2. The molecule has 0 radical (unpaired) electrons. The first-order valence-electron chi connectivity index (χ1n) is 8.13. The van der Waals surface area contributed by atoms with Gasteiger partial charge >= 0.3 is 0 Å². The first-order chi connectivity index (χ1) is 12.9. The minimum Gasteiger partial charge on any atom is -0.343 e. The Bertz CT molecular complexity index is 1010. The number of nitrogens with zero attached hydrogens (tertiary/aromatic N) is 3. The predicted octanol–water partition coefficient (Wildman–Crippen LogP) is 2.20. The number of benzene rings is 2. The number of carbonyl (C=O) groups is 2. The van der Waals surface area contributed by atoms with Gasteiger partial charge in [0.05, 0.1) is 30.8 Å². The Labute approximate surface area is 153 Å². The molecular formula is C19H14F2N4O2. The highest BCUT2D eigenvalue weighted by atomic mass is 19.3. The van der Waals surface area contributed by atoms with Crippen molar-refractivity contribution in [3.63, 3.8) is 0 Å². The predicted molar refractivity (Wildman–Crippen MR) is 91.7 cm³/mol. The first-order valence-corrected chi connectivity index (χ1v) is 8.13. The smallest absolute Gasteiger partial charge is 0.268 e. The Morgan fingerprint density at radius 2 is 1.89 bits per heavy atom. The van der Waals surface area contributed by atoms with E-state index in [1.807, 2.05) is 6.07 Å². The van der Waals surface area contributed by atoms with E-state index in [0.717, 1.165) is 4.90 Å². The Hall–Kier alpha value is -3.52. The van der Waals surface area contributed by atoms with Gasteiger partial charge in [0, 0.05) is 17.4 Å². The monoisotopic (exact) mass is 368 g/mol. The highest BCUT2D eigenvalue weighted by molar-refractivity contribution is 6.08. The van der Waals surface area contributed by atoms with Crippen LogP contribution in [0.15, 0.2) is 36.4 Å². The lowest BCUT2D eigenvalue weighted by molar-refractivity contribution is -0.131. The van der Waals surface area contributed by atoms with E-state index >= 15 is 0 Å². The number of rotatable bonds is 3. The van der Waals surface area contributed by atoms with E-state index < -0.39 is 43.3 Å². The van der Waals surface area contributed by atoms with Crippen molar-refractivity contribution in [1.29, 1.82) is 10.5 Å². The minimum absolute atomic E-state index is 0.265. The van der Waals surface area contributed by atoms with Gasteiger partial charge in [-0.2, -0.15) is 10.5 Å². The third-order valence-electron chi connectivity index (χ3n) is 4.43. The molecule has 0 aliphatic carbocycles. The number of carbonyl (C=O) groups excluding carboxylic acids is 2. The van der Waals surface area contributed by atoms with Gasteiger partial charge in [-0.25, -0.2) is 8.78 Å². The molecule has 0 saturated carbocycles. The van der Waals surface area contributed by atoms with Gasteiger partial charge in [0.1, 0.15) is 6.04 Å². The molecule has 0 unspecified atom stereocenters. The van der Waals surface area contributed by atoms with Crippen LogP contribution >= 0.6 is 0 Å². The quantitative estimate of drug-likeness (QED) is 0.898. The van der Waals surface area contributed by atoms with Crippen LogP contribution in [-0.2, 0) is 4.79 Å². The fraction of sp³-hybridized carbons (Fsp3) is 0.263. The van der Waals surface area contributed by atoms with Crippen molar-refractivity contribution in [3.05, 3.63) is 47.5 Å². The molecule has 2 aromatic carbocycles. The first kappa shape index (κ1) is 18.3. The van der Waals surface area contributed by atoms with Crippen molar-refractivity contribution in [1.82, 2.24) is 10.2 Å². The van der Waals surface area contributed by atoms with Gasteiger partial charge in [-0.1, -0.05) is 24.3 Å². The Kier molecular flexibility index (Phi) is 4.74. The zero-order chi connectivity index (χ0) is 19.6. The molecule has 1 saturated heterocycles. The molecule has 1 heterocycles. The molecule has 1 N–H and O–H groups in total. The van der Waals surface area contributed by atoms with Crippen LogP contribution in [0.1, 0.15) is 22.3 Å². The molecular weight excluding hydrogens is 354 g/mol. The summed E-state index contributed by atoms with van der Waals surface area (Å²) in [5.41, 5.74) is 0.676. The third-order valence-corrected chi connectivity index (χ3v) is 4.43. The summed E-state index contributed by atoms with van der Waals surface area (Å²) in [6.07, 6.45) is -0.705. The summed E-state index contributed by atoms with van der Waals surface area (Å²) in [7, 11) is 0. The van der Waals surface area contributed by atoms with Crippen molar-refractivity contribution >= 4 is 22.6 Å². The standard InChI is InChI=1S/C19H14F2N4O2/c20-19(21)7-13(9-23)25(11-19)17(26)10-24-18(27)16-6-2-4-14-12(8-22)3-1-5-15(14)16/h1-6,13H,7,10-11H2,(H,24,27)/t13-/m0/s1. The number of hydrogen-bond acceptors (Lipinski definition) is 4. The van der Waals surface area contributed by atoms with Gasteiger partial charge in [-0.05, 0) is 17.5 Å². The van der Waals surface area contributed by atoms with Crippen LogP contribution in [0.2, 0.25) is 0 Å². The molecule has 0 bridgehead atoms. The van der Waals surface area contributed by atoms with Gasteiger partial charge in [0.25, 0.3) is 11.8 Å². The summed E-state index contributed by atoms with van der Waals surface area (Å²) in [5.74, 6) is -4.42. The van der Waals surface area contributed by atoms with Crippen LogP contribution in [0, 0.1) is 22.7 Å². The van der Waals surface area contributed by atoms with Crippen molar-refractivity contribution in [3.8, 4) is 12.1 Å². The minimum atomic E-state index is -3.11. The largest absolute Gasteiger partial charge is 0.343 e.